The molecule has 0 saturated heterocycles. The van der Waals surface area contributed by atoms with Gasteiger partial charge in [0.1, 0.15) is 11.5 Å². The molecule has 2 atom stereocenters. The molecule has 0 aliphatic heterocycles. The maximum Gasteiger partial charge on any atom is 0.513 e. The number of hydrogen-bond acceptors (Lipinski definition) is 6. The molecule has 0 fully saturated rings. The summed E-state index contributed by atoms with van der Waals surface area (Å²) in [6, 6.07) is 13.5. The van der Waals surface area contributed by atoms with Gasteiger partial charge in [0.15, 0.2) is 0 Å². The van der Waals surface area contributed by atoms with E-state index in [9.17, 15) is 9.59 Å². The first-order valence-corrected chi connectivity index (χ1v) is 15.6. The van der Waals surface area contributed by atoms with Crippen LogP contribution in [0.15, 0.2) is 42.5 Å². The lowest BCUT2D eigenvalue weighted by Gasteiger charge is -2.19. The summed E-state index contributed by atoms with van der Waals surface area (Å²) in [5.74, 6) is 1.43. The Morgan fingerprint density at radius 3 is 1.59 bits per heavy atom. The van der Waals surface area contributed by atoms with Gasteiger partial charge in [-0.15, -0.1) is 0 Å². The Balaban J connectivity index is 1.95. The minimum Gasteiger partial charge on any atom is -0.434 e. The fourth-order valence-corrected chi connectivity index (χ4v) is 5.20. The Morgan fingerprint density at radius 2 is 1.12 bits per heavy atom. The van der Waals surface area contributed by atoms with Crippen LogP contribution in [0.4, 0.5) is 9.59 Å². The molecule has 3 aromatic rings. The van der Waals surface area contributed by atoms with Crippen molar-refractivity contribution in [3.63, 3.8) is 0 Å². The molecule has 2 unspecified atom stereocenters. The Labute approximate surface area is 245 Å². The quantitative estimate of drug-likeness (QED) is 0.0979. The fraction of sp³-hybridized carbons (Fsp3) is 0.543. The minimum atomic E-state index is -0.727. The van der Waals surface area contributed by atoms with E-state index in [1.165, 1.54) is 0 Å². The Morgan fingerprint density at radius 1 is 0.634 bits per heavy atom. The number of carbonyl (C=O) groups excluding carboxylic acids is 2. The molecule has 3 aromatic carbocycles. The van der Waals surface area contributed by atoms with Crippen LogP contribution in [-0.4, -0.2) is 25.5 Å². The molecule has 6 heteroatoms. The second-order valence-electron chi connectivity index (χ2n) is 11.0. The zero-order chi connectivity index (χ0) is 29.6. The summed E-state index contributed by atoms with van der Waals surface area (Å²) >= 11 is 0. The van der Waals surface area contributed by atoms with E-state index in [4.69, 9.17) is 18.9 Å². The average Bonchev–Trinajstić information content (AvgIpc) is 2.99. The summed E-state index contributed by atoms with van der Waals surface area (Å²) in [5.41, 5.74) is 1.11. The van der Waals surface area contributed by atoms with Gasteiger partial charge >= 0.3 is 12.3 Å². The summed E-state index contributed by atoms with van der Waals surface area (Å²) in [5, 5.41) is 2.70. The monoisotopic (exact) mass is 564 g/mol. The minimum absolute atomic E-state index is 0.309. The largest absolute Gasteiger partial charge is 0.513 e. The molecule has 224 valence electrons. The molecule has 0 aliphatic rings. The van der Waals surface area contributed by atoms with Crippen molar-refractivity contribution < 1.29 is 28.5 Å². The van der Waals surface area contributed by atoms with Gasteiger partial charge in [0.2, 0.25) is 0 Å². The van der Waals surface area contributed by atoms with Crippen molar-refractivity contribution in [3.8, 4) is 11.5 Å². The average molecular weight is 565 g/mol. The SMILES string of the molecule is CCCCC(CC)COC(=O)Oc1c2ccccc2c(OC(=O)OCC(CC)CCCC)c2cc(CCC)ccc12. The lowest BCUT2D eigenvalue weighted by Crippen LogP contribution is -2.18. The number of benzene rings is 3. The van der Waals surface area contributed by atoms with Gasteiger partial charge in [0, 0.05) is 21.5 Å². The number of carbonyl (C=O) groups is 2. The van der Waals surface area contributed by atoms with Gasteiger partial charge in [-0.05, 0) is 42.7 Å². The van der Waals surface area contributed by atoms with E-state index in [0.29, 0.717) is 58.1 Å². The first kappa shape index (κ1) is 32.2. The molecule has 0 bridgehead atoms. The molecule has 0 aromatic heterocycles. The molecule has 0 amide bonds. The number of ether oxygens (including phenoxy) is 4. The normalized spacial score (nSPS) is 12.7. The first-order valence-electron chi connectivity index (χ1n) is 15.6. The molecule has 3 rings (SSSR count). The highest BCUT2D eigenvalue weighted by atomic mass is 16.7. The van der Waals surface area contributed by atoms with Crippen LogP contribution in [0, 0.1) is 11.8 Å². The molecule has 0 radical (unpaired) electrons. The van der Waals surface area contributed by atoms with Gasteiger partial charge in [-0.2, -0.15) is 0 Å². The zero-order valence-electron chi connectivity index (χ0n) is 25.6. The number of unbranched alkanes of at least 4 members (excludes halogenated alkanes) is 2. The molecule has 0 aliphatic carbocycles. The fourth-order valence-electron chi connectivity index (χ4n) is 5.20. The van der Waals surface area contributed by atoms with Gasteiger partial charge < -0.3 is 18.9 Å². The van der Waals surface area contributed by atoms with E-state index >= 15 is 0 Å². The van der Waals surface area contributed by atoms with Gasteiger partial charge in [-0.25, -0.2) is 9.59 Å². The predicted molar refractivity (Wildman–Crippen MR) is 166 cm³/mol. The predicted octanol–water partition coefficient (Wildman–Crippen LogP) is 10.4. The molecular weight excluding hydrogens is 516 g/mol. The second-order valence-corrected chi connectivity index (χ2v) is 11.0. The first-order chi connectivity index (χ1) is 19.9. The topological polar surface area (TPSA) is 71.1 Å². The van der Waals surface area contributed by atoms with E-state index < -0.39 is 12.3 Å². The van der Waals surface area contributed by atoms with Crippen molar-refractivity contribution in [1.82, 2.24) is 0 Å². The number of hydrogen-bond donors (Lipinski definition) is 0. The number of rotatable bonds is 16. The van der Waals surface area contributed by atoms with Crippen LogP contribution in [0.3, 0.4) is 0 Å². The highest BCUT2D eigenvalue weighted by molar-refractivity contribution is 6.12. The van der Waals surface area contributed by atoms with E-state index in [1.54, 1.807) is 0 Å². The lowest BCUT2D eigenvalue weighted by atomic mass is 9.97. The third-order valence-corrected chi connectivity index (χ3v) is 7.86. The van der Waals surface area contributed by atoms with Gasteiger partial charge in [0.05, 0.1) is 13.2 Å². The second kappa shape index (κ2) is 16.9. The third kappa shape index (κ3) is 9.11. The van der Waals surface area contributed by atoms with Crippen LogP contribution in [0.2, 0.25) is 0 Å². The van der Waals surface area contributed by atoms with E-state index in [2.05, 4.69) is 34.6 Å². The smallest absolute Gasteiger partial charge is 0.434 e. The van der Waals surface area contributed by atoms with E-state index in [0.717, 1.165) is 69.8 Å². The molecule has 0 saturated carbocycles. The van der Waals surface area contributed by atoms with Crippen molar-refractivity contribution >= 4 is 33.9 Å². The van der Waals surface area contributed by atoms with Crippen molar-refractivity contribution in [3.05, 3.63) is 48.0 Å². The Hall–Kier alpha value is -3.28. The highest BCUT2D eigenvalue weighted by Crippen LogP contribution is 2.43. The van der Waals surface area contributed by atoms with Crippen LogP contribution in [-0.2, 0) is 15.9 Å². The lowest BCUT2D eigenvalue weighted by molar-refractivity contribution is 0.0805. The highest BCUT2D eigenvalue weighted by Gasteiger charge is 2.22. The molecule has 6 nitrogen and oxygen atoms in total. The maximum absolute atomic E-state index is 13.0. The molecule has 0 spiro atoms. The third-order valence-electron chi connectivity index (χ3n) is 7.86. The maximum atomic E-state index is 13.0. The summed E-state index contributed by atoms with van der Waals surface area (Å²) in [6.07, 6.45) is 8.75. The summed E-state index contributed by atoms with van der Waals surface area (Å²) < 4.78 is 23.0. The standard InChI is InChI=1S/C35H48O6/c1-6-11-16-25(9-4)23-38-34(36)40-32-28-18-13-14-19-29(28)33(31-22-27(15-8-3)20-21-30(31)32)41-35(37)39-24-26(10-5)17-12-7-2/h13-14,18-22,25-26H,6-12,15-17,23-24H2,1-5H3. The van der Waals surface area contributed by atoms with Gasteiger partial charge in [-0.3, -0.25) is 0 Å². The molecule has 0 N–H and O–H groups in total. The number of fused-ring (bicyclic) bond motifs is 2. The number of aryl methyl sites for hydroxylation is 1. The summed E-state index contributed by atoms with van der Waals surface area (Å²) in [4.78, 5) is 25.9. The Bertz CT molecular complexity index is 1270. The van der Waals surface area contributed by atoms with Crippen LogP contribution in [0.5, 0.6) is 11.5 Å². The van der Waals surface area contributed by atoms with Crippen molar-refractivity contribution in [2.75, 3.05) is 13.2 Å². The van der Waals surface area contributed by atoms with Gasteiger partial charge in [-0.1, -0.05) is 116 Å². The van der Waals surface area contributed by atoms with Crippen molar-refractivity contribution in [1.29, 1.82) is 0 Å². The summed E-state index contributed by atoms with van der Waals surface area (Å²) in [7, 11) is 0. The van der Waals surface area contributed by atoms with E-state index in [1.807, 2.05) is 42.5 Å². The molecule has 0 heterocycles. The van der Waals surface area contributed by atoms with Crippen molar-refractivity contribution in [2.45, 2.75) is 98.8 Å². The summed E-state index contributed by atoms with van der Waals surface area (Å²) in [6.45, 7) is 11.3. The van der Waals surface area contributed by atoms with Crippen LogP contribution >= 0.6 is 0 Å². The van der Waals surface area contributed by atoms with Gasteiger partial charge in [0.25, 0.3) is 0 Å². The van der Waals surface area contributed by atoms with E-state index in [-0.39, 0.29) is 0 Å². The van der Waals surface area contributed by atoms with Crippen LogP contribution in [0.1, 0.15) is 98.0 Å². The molecule has 41 heavy (non-hydrogen) atoms. The van der Waals surface area contributed by atoms with Crippen LogP contribution in [0.25, 0.3) is 21.5 Å². The molecular formula is C35H48O6. The van der Waals surface area contributed by atoms with Crippen molar-refractivity contribution in [2.24, 2.45) is 11.8 Å². The van der Waals surface area contributed by atoms with Crippen LogP contribution < -0.4 is 9.47 Å². The zero-order valence-corrected chi connectivity index (χ0v) is 25.6. The Kier molecular flexibility index (Phi) is 13.3.